The highest BCUT2D eigenvalue weighted by Crippen LogP contribution is 2.21. The molecule has 1 rings (SSSR count). The van der Waals surface area contributed by atoms with E-state index in [0.717, 1.165) is 25.1 Å². The van der Waals surface area contributed by atoms with Gasteiger partial charge in [0.2, 0.25) is 0 Å². The van der Waals surface area contributed by atoms with Crippen LogP contribution < -0.4 is 15.8 Å². The van der Waals surface area contributed by atoms with E-state index in [4.69, 9.17) is 15.7 Å². The van der Waals surface area contributed by atoms with Crippen LogP contribution in [0.4, 0.5) is 10.1 Å². The Kier molecular flexibility index (Phi) is 5.76. The van der Waals surface area contributed by atoms with Gasteiger partial charge in [-0.2, -0.15) is 0 Å². The molecule has 18 heavy (non-hydrogen) atoms. The van der Waals surface area contributed by atoms with Crippen LogP contribution in [-0.2, 0) is 0 Å². The maximum Gasteiger partial charge on any atom is 0.165 e. The van der Waals surface area contributed by atoms with Gasteiger partial charge in [-0.1, -0.05) is 5.16 Å². The molecule has 0 aliphatic rings. The van der Waals surface area contributed by atoms with Gasteiger partial charge in [-0.25, -0.2) is 4.39 Å². The molecule has 0 bridgehead atoms. The van der Waals surface area contributed by atoms with Crippen molar-refractivity contribution in [1.29, 1.82) is 0 Å². The quantitative estimate of drug-likeness (QED) is 0.229. The fourth-order valence-corrected chi connectivity index (χ4v) is 1.48. The van der Waals surface area contributed by atoms with Crippen LogP contribution in [0.5, 0.6) is 5.75 Å². The highest BCUT2D eigenvalue weighted by molar-refractivity contribution is 5.79. The Bertz CT molecular complexity index is 410. The van der Waals surface area contributed by atoms with Gasteiger partial charge in [-0.3, -0.25) is 0 Å². The minimum atomic E-state index is -0.380. The van der Waals surface area contributed by atoms with Crippen molar-refractivity contribution in [3.05, 3.63) is 24.0 Å². The fraction of sp³-hybridized carbons (Fsp3) is 0.417. The maximum absolute atomic E-state index is 13.1. The zero-order chi connectivity index (χ0) is 13.4. The first kappa shape index (κ1) is 14.1. The number of hydrogen-bond acceptors (Lipinski definition) is 4. The van der Waals surface area contributed by atoms with Crippen molar-refractivity contribution < 1.29 is 14.3 Å². The molecule has 0 amide bonds. The third-order valence-electron chi connectivity index (χ3n) is 2.47. The van der Waals surface area contributed by atoms with Crippen molar-refractivity contribution in [1.82, 2.24) is 0 Å². The second-order valence-corrected chi connectivity index (χ2v) is 3.82. The number of rotatable bonds is 7. The summed E-state index contributed by atoms with van der Waals surface area (Å²) in [6.07, 6.45) is 2.25. The largest absolute Gasteiger partial charge is 0.494 e. The fourth-order valence-electron chi connectivity index (χ4n) is 1.48. The van der Waals surface area contributed by atoms with E-state index < -0.39 is 0 Å². The number of nitrogens with zero attached hydrogens (tertiary/aromatic N) is 1. The minimum Gasteiger partial charge on any atom is -0.494 e. The number of amidine groups is 1. The van der Waals surface area contributed by atoms with Gasteiger partial charge in [0.1, 0.15) is 5.84 Å². The lowest BCUT2D eigenvalue weighted by Gasteiger charge is -2.08. The number of methoxy groups -OCH3 is 1. The molecule has 0 atom stereocenters. The van der Waals surface area contributed by atoms with Gasteiger partial charge in [-0.15, -0.1) is 0 Å². The molecule has 0 unspecified atom stereocenters. The normalized spacial score (nSPS) is 11.3. The molecule has 1 aromatic carbocycles. The van der Waals surface area contributed by atoms with Crippen molar-refractivity contribution in [2.45, 2.75) is 19.3 Å². The molecule has 0 saturated heterocycles. The van der Waals surface area contributed by atoms with Gasteiger partial charge in [0, 0.05) is 24.7 Å². The average Bonchev–Trinajstić information content (AvgIpc) is 2.39. The Morgan fingerprint density at radius 2 is 2.28 bits per heavy atom. The molecular formula is C12H18FN3O2. The Morgan fingerprint density at radius 1 is 1.50 bits per heavy atom. The molecule has 0 aliphatic carbocycles. The van der Waals surface area contributed by atoms with Crippen LogP contribution in [0.3, 0.4) is 0 Å². The van der Waals surface area contributed by atoms with Crippen molar-refractivity contribution >= 4 is 11.5 Å². The van der Waals surface area contributed by atoms with E-state index in [0.29, 0.717) is 6.42 Å². The monoisotopic (exact) mass is 255 g/mol. The molecule has 0 spiro atoms. The van der Waals surface area contributed by atoms with Gasteiger partial charge >= 0.3 is 0 Å². The van der Waals surface area contributed by atoms with E-state index in [1.807, 2.05) is 0 Å². The number of oxime groups is 1. The first-order valence-electron chi connectivity index (χ1n) is 5.71. The molecular weight excluding hydrogens is 237 g/mol. The zero-order valence-electron chi connectivity index (χ0n) is 10.3. The van der Waals surface area contributed by atoms with Crippen LogP contribution >= 0.6 is 0 Å². The first-order valence-corrected chi connectivity index (χ1v) is 5.71. The highest BCUT2D eigenvalue weighted by atomic mass is 19.1. The number of ether oxygens (including phenoxy) is 1. The topological polar surface area (TPSA) is 79.9 Å². The average molecular weight is 255 g/mol. The minimum absolute atomic E-state index is 0.219. The summed E-state index contributed by atoms with van der Waals surface area (Å²) in [6.45, 7) is 0.730. The van der Waals surface area contributed by atoms with E-state index in [1.165, 1.54) is 13.2 Å². The first-order chi connectivity index (χ1) is 8.67. The standard InChI is InChI=1S/C12H18FN3O2/c1-18-11-8-9(5-6-10(11)13)15-7-3-2-4-12(14)16-17/h5-6,8,15,17H,2-4,7H2,1H3,(H2,14,16). The van der Waals surface area contributed by atoms with Crippen molar-refractivity contribution in [2.75, 3.05) is 19.0 Å². The number of hydrogen-bond donors (Lipinski definition) is 3. The molecule has 0 fully saturated rings. The van der Waals surface area contributed by atoms with Gasteiger partial charge in [0.05, 0.1) is 7.11 Å². The summed E-state index contributed by atoms with van der Waals surface area (Å²) in [5.74, 6) is 0.0742. The molecule has 0 saturated carbocycles. The molecule has 1 aromatic rings. The summed E-state index contributed by atoms with van der Waals surface area (Å²) in [4.78, 5) is 0. The third kappa shape index (κ3) is 4.48. The van der Waals surface area contributed by atoms with Gasteiger partial charge in [0.15, 0.2) is 11.6 Å². The maximum atomic E-state index is 13.1. The van der Waals surface area contributed by atoms with Gasteiger partial charge in [-0.05, 0) is 25.0 Å². The van der Waals surface area contributed by atoms with E-state index in [2.05, 4.69) is 10.5 Å². The van der Waals surface area contributed by atoms with E-state index >= 15 is 0 Å². The Balaban J connectivity index is 2.31. The SMILES string of the molecule is COc1cc(NCCCC/C(N)=N/O)ccc1F. The lowest BCUT2D eigenvalue weighted by Crippen LogP contribution is -2.11. The molecule has 0 heterocycles. The number of unbranched alkanes of at least 4 members (excludes halogenated alkanes) is 1. The smallest absolute Gasteiger partial charge is 0.165 e. The summed E-state index contributed by atoms with van der Waals surface area (Å²) in [6, 6.07) is 4.62. The number of nitrogens with two attached hydrogens (primary N) is 1. The summed E-state index contributed by atoms with van der Waals surface area (Å²) in [5.41, 5.74) is 6.15. The van der Waals surface area contributed by atoms with Crippen molar-refractivity contribution in [3.8, 4) is 5.75 Å². The predicted octanol–water partition coefficient (Wildman–Crippen LogP) is 2.16. The summed E-state index contributed by atoms with van der Waals surface area (Å²) >= 11 is 0. The molecule has 0 radical (unpaired) electrons. The lowest BCUT2D eigenvalue weighted by molar-refractivity contribution is 0.316. The highest BCUT2D eigenvalue weighted by Gasteiger charge is 2.02. The molecule has 5 nitrogen and oxygen atoms in total. The lowest BCUT2D eigenvalue weighted by atomic mass is 10.2. The van der Waals surface area contributed by atoms with Crippen molar-refractivity contribution in [2.24, 2.45) is 10.9 Å². The zero-order valence-corrected chi connectivity index (χ0v) is 10.3. The molecule has 0 aromatic heterocycles. The summed E-state index contributed by atoms with van der Waals surface area (Å²) < 4.78 is 18.0. The van der Waals surface area contributed by atoms with E-state index in [-0.39, 0.29) is 17.4 Å². The van der Waals surface area contributed by atoms with E-state index in [9.17, 15) is 4.39 Å². The van der Waals surface area contributed by atoms with Crippen LogP contribution in [0.15, 0.2) is 23.4 Å². The summed E-state index contributed by atoms with van der Waals surface area (Å²) in [5, 5.41) is 14.4. The number of nitrogens with one attached hydrogen (secondary N) is 1. The molecule has 4 N–H and O–H groups in total. The van der Waals surface area contributed by atoms with Crippen LogP contribution in [0, 0.1) is 5.82 Å². The van der Waals surface area contributed by atoms with Crippen LogP contribution in [-0.4, -0.2) is 24.7 Å². The second kappa shape index (κ2) is 7.37. The van der Waals surface area contributed by atoms with Gasteiger partial charge in [0.25, 0.3) is 0 Å². The Hall–Kier alpha value is -1.98. The Labute approximate surface area is 105 Å². The predicted molar refractivity (Wildman–Crippen MR) is 68.7 cm³/mol. The Morgan fingerprint density at radius 3 is 2.94 bits per heavy atom. The second-order valence-electron chi connectivity index (χ2n) is 3.82. The molecule has 0 aliphatic heterocycles. The number of benzene rings is 1. The van der Waals surface area contributed by atoms with E-state index in [1.54, 1.807) is 12.1 Å². The van der Waals surface area contributed by atoms with Crippen LogP contribution in [0.2, 0.25) is 0 Å². The molecule has 6 heteroatoms. The number of anilines is 1. The van der Waals surface area contributed by atoms with Crippen LogP contribution in [0.1, 0.15) is 19.3 Å². The van der Waals surface area contributed by atoms with Crippen molar-refractivity contribution in [3.63, 3.8) is 0 Å². The van der Waals surface area contributed by atoms with Gasteiger partial charge < -0.3 is 21.0 Å². The number of halogens is 1. The van der Waals surface area contributed by atoms with Crippen LogP contribution in [0.25, 0.3) is 0 Å². The summed E-state index contributed by atoms with van der Waals surface area (Å²) in [7, 11) is 1.43. The molecule has 100 valence electrons. The third-order valence-corrected chi connectivity index (χ3v) is 2.47.